The highest BCUT2D eigenvalue weighted by molar-refractivity contribution is 5.84. The van der Waals surface area contributed by atoms with Crippen LogP contribution in [0.25, 0.3) is 0 Å². The number of carbonyl (C=O) groups excluding carboxylic acids is 1. The molecule has 2 aliphatic heterocycles. The van der Waals surface area contributed by atoms with E-state index in [1.54, 1.807) is 14.2 Å². The van der Waals surface area contributed by atoms with Crippen molar-refractivity contribution in [1.82, 2.24) is 5.32 Å². The number of aliphatic hydroxyl groups excluding tert-OH is 1. The van der Waals surface area contributed by atoms with Gasteiger partial charge in [-0.3, -0.25) is 0 Å². The van der Waals surface area contributed by atoms with Gasteiger partial charge in [0.15, 0.2) is 5.75 Å². The highest BCUT2D eigenvalue weighted by atomic mass is 16.5. The lowest BCUT2D eigenvalue weighted by Gasteiger charge is -2.37. The van der Waals surface area contributed by atoms with Crippen molar-refractivity contribution in [3.05, 3.63) is 53.6 Å². The Hall–Kier alpha value is -2.65. The zero-order valence-electron chi connectivity index (χ0n) is 19.9. The summed E-state index contributed by atoms with van der Waals surface area (Å²) in [5, 5.41) is 13.1. The lowest BCUT2D eigenvalue weighted by atomic mass is 9.84. The van der Waals surface area contributed by atoms with Gasteiger partial charge >= 0.3 is 5.97 Å². The Kier molecular flexibility index (Phi) is 8.39. The number of fused-ring (bicyclic) bond motifs is 1. The fourth-order valence-corrected chi connectivity index (χ4v) is 4.67. The minimum absolute atomic E-state index is 0.0390. The van der Waals surface area contributed by atoms with Gasteiger partial charge in [-0.05, 0) is 48.2 Å². The van der Waals surface area contributed by atoms with Crippen molar-refractivity contribution >= 4 is 11.7 Å². The number of esters is 1. The van der Waals surface area contributed by atoms with Crippen LogP contribution in [-0.2, 0) is 20.9 Å². The van der Waals surface area contributed by atoms with Crippen LogP contribution in [0.4, 0.5) is 5.69 Å². The average molecular weight is 471 g/mol. The van der Waals surface area contributed by atoms with E-state index >= 15 is 0 Å². The molecule has 2 aliphatic rings. The van der Waals surface area contributed by atoms with E-state index in [-0.39, 0.29) is 37.2 Å². The molecule has 3 atom stereocenters. The number of nitrogens with zero attached hydrogens (tertiary/aromatic N) is 1. The number of anilines is 1. The molecule has 4 rings (SSSR count). The van der Waals surface area contributed by atoms with Crippen molar-refractivity contribution in [3.63, 3.8) is 0 Å². The summed E-state index contributed by atoms with van der Waals surface area (Å²) in [6.07, 6.45) is 1.58. The Morgan fingerprint density at radius 1 is 1.18 bits per heavy atom. The van der Waals surface area contributed by atoms with E-state index in [4.69, 9.17) is 18.9 Å². The largest absolute Gasteiger partial charge is 0.497 e. The van der Waals surface area contributed by atoms with Crippen molar-refractivity contribution in [2.45, 2.75) is 37.5 Å². The molecule has 184 valence electrons. The molecule has 0 aromatic heterocycles. The first-order chi connectivity index (χ1) is 16.6. The number of hydrogen-bond donors (Lipinski definition) is 2. The molecule has 0 aliphatic carbocycles. The summed E-state index contributed by atoms with van der Waals surface area (Å²) in [5.41, 5.74) is 3.10. The zero-order valence-corrected chi connectivity index (χ0v) is 19.9. The lowest BCUT2D eigenvalue weighted by Crippen LogP contribution is -2.48. The smallest absolute Gasteiger partial charge is 0.331 e. The summed E-state index contributed by atoms with van der Waals surface area (Å²) < 4.78 is 22.3. The fraction of sp³-hybridized carbons (Fsp3) is 0.500. The fourth-order valence-electron chi connectivity index (χ4n) is 4.67. The molecule has 2 aromatic carbocycles. The Bertz CT molecular complexity index is 951. The lowest BCUT2D eigenvalue weighted by molar-refractivity contribution is -0.133. The standard InChI is InChI=1S/C26H34N2O6/c1-31-11-3-10-28-15-26(30)34-24-9-4-18(12-23(24)28)17-33-25-14-27-20(16-29)13-22(25)19-5-7-21(32-2)8-6-19/h4-9,12,20,22,25,27,29H,3,10-11,13-17H2,1-2H3/t20-,22+,25-/m0/s1. The van der Waals surface area contributed by atoms with Crippen LogP contribution in [0.1, 0.15) is 29.9 Å². The zero-order chi connectivity index (χ0) is 23.9. The molecule has 1 fully saturated rings. The van der Waals surface area contributed by atoms with Gasteiger partial charge in [-0.15, -0.1) is 0 Å². The molecule has 0 saturated carbocycles. The van der Waals surface area contributed by atoms with Gasteiger partial charge in [-0.1, -0.05) is 18.2 Å². The van der Waals surface area contributed by atoms with Gasteiger partial charge in [0.05, 0.1) is 32.1 Å². The monoisotopic (exact) mass is 470 g/mol. The Balaban J connectivity index is 1.46. The van der Waals surface area contributed by atoms with Crippen LogP contribution >= 0.6 is 0 Å². The number of benzene rings is 2. The maximum absolute atomic E-state index is 12.0. The van der Waals surface area contributed by atoms with Crippen LogP contribution in [-0.4, -0.2) is 70.3 Å². The molecule has 0 spiro atoms. The van der Waals surface area contributed by atoms with E-state index in [1.165, 1.54) is 5.56 Å². The molecule has 2 N–H and O–H groups in total. The summed E-state index contributed by atoms with van der Waals surface area (Å²) in [7, 11) is 3.33. The number of methoxy groups -OCH3 is 2. The molecule has 0 bridgehead atoms. The molecule has 0 unspecified atom stereocenters. The predicted octanol–water partition coefficient (Wildman–Crippen LogP) is 2.48. The summed E-state index contributed by atoms with van der Waals surface area (Å²) in [4.78, 5) is 14.0. The molecule has 8 nitrogen and oxygen atoms in total. The van der Waals surface area contributed by atoms with Crippen molar-refractivity contribution in [3.8, 4) is 11.5 Å². The number of rotatable bonds is 10. The third-order valence-electron chi connectivity index (χ3n) is 6.51. The van der Waals surface area contributed by atoms with Crippen LogP contribution < -0.4 is 19.7 Å². The quantitative estimate of drug-likeness (QED) is 0.311. The van der Waals surface area contributed by atoms with Gasteiger partial charge in [0.2, 0.25) is 0 Å². The van der Waals surface area contributed by atoms with E-state index in [9.17, 15) is 9.90 Å². The van der Waals surface area contributed by atoms with Crippen LogP contribution in [0.15, 0.2) is 42.5 Å². The average Bonchev–Trinajstić information content (AvgIpc) is 2.87. The van der Waals surface area contributed by atoms with Gasteiger partial charge in [0, 0.05) is 38.8 Å². The molecule has 34 heavy (non-hydrogen) atoms. The molecule has 1 saturated heterocycles. The van der Waals surface area contributed by atoms with E-state index in [2.05, 4.69) is 17.4 Å². The number of piperidine rings is 1. The highest BCUT2D eigenvalue weighted by Gasteiger charge is 2.32. The van der Waals surface area contributed by atoms with Gasteiger partial charge < -0.3 is 34.3 Å². The Morgan fingerprint density at radius 2 is 2.00 bits per heavy atom. The van der Waals surface area contributed by atoms with Crippen LogP contribution in [0.2, 0.25) is 0 Å². The molecule has 0 radical (unpaired) electrons. The van der Waals surface area contributed by atoms with Crippen LogP contribution in [0, 0.1) is 0 Å². The summed E-state index contributed by atoms with van der Waals surface area (Å²) >= 11 is 0. The molecule has 2 aromatic rings. The summed E-state index contributed by atoms with van der Waals surface area (Å²) in [5.74, 6) is 1.31. The van der Waals surface area contributed by atoms with Crippen molar-refractivity contribution < 1.29 is 28.8 Å². The summed E-state index contributed by atoms with van der Waals surface area (Å²) in [6.45, 7) is 2.79. The highest BCUT2D eigenvalue weighted by Crippen LogP contribution is 2.35. The molecular formula is C26H34N2O6. The number of aliphatic hydroxyl groups is 1. The van der Waals surface area contributed by atoms with E-state index in [0.717, 1.165) is 36.4 Å². The number of hydrogen-bond acceptors (Lipinski definition) is 8. The van der Waals surface area contributed by atoms with Gasteiger partial charge in [-0.25, -0.2) is 4.79 Å². The third kappa shape index (κ3) is 5.88. The number of carbonyl (C=O) groups is 1. The predicted molar refractivity (Wildman–Crippen MR) is 129 cm³/mol. The second-order valence-electron chi connectivity index (χ2n) is 8.80. The SMILES string of the molecule is COCCCN1CC(=O)Oc2ccc(CO[C@H]3CN[C@H](CO)C[C@@H]3c3ccc(OC)cc3)cc21. The van der Waals surface area contributed by atoms with Crippen LogP contribution in [0.5, 0.6) is 11.5 Å². The first kappa shape index (κ1) is 24.5. The second-order valence-corrected chi connectivity index (χ2v) is 8.80. The molecular weight excluding hydrogens is 436 g/mol. The first-order valence-corrected chi connectivity index (χ1v) is 11.8. The van der Waals surface area contributed by atoms with Crippen molar-refractivity contribution in [2.75, 3.05) is 52.0 Å². The Labute approximate surface area is 200 Å². The van der Waals surface area contributed by atoms with Crippen LogP contribution in [0.3, 0.4) is 0 Å². The Morgan fingerprint density at radius 3 is 2.74 bits per heavy atom. The minimum Gasteiger partial charge on any atom is -0.497 e. The maximum atomic E-state index is 12.0. The van der Waals surface area contributed by atoms with E-state index in [0.29, 0.717) is 25.5 Å². The van der Waals surface area contributed by atoms with Crippen molar-refractivity contribution in [2.24, 2.45) is 0 Å². The molecule has 8 heteroatoms. The van der Waals surface area contributed by atoms with E-state index in [1.807, 2.05) is 35.2 Å². The topological polar surface area (TPSA) is 89.5 Å². The van der Waals surface area contributed by atoms with E-state index < -0.39 is 0 Å². The van der Waals surface area contributed by atoms with Gasteiger partial charge in [0.25, 0.3) is 0 Å². The van der Waals surface area contributed by atoms with Crippen molar-refractivity contribution in [1.29, 1.82) is 0 Å². The number of nitrogens with one attached hydrogen (secondary N) is 1. The first-order valence-electron chi connectivity index (χ1n) is 11.8. The maximum Gasteiger partial charge on any atom is 0.331 e. The normalized spacial score (nSPS) is 22.3. The molecule has 0 amide bonds. The summed E-state index contributed by atoms with van der Waals surface area (Å²) in [6, 6.07) is 14.0. The second kappa shape index (κ2) is 11.7. The molecule has 2 heterocycles. The van der Waals surface area contributed by atoms with Gasteiger partial charge in [-0.2, -0.15) is 0 Å². The third-order valence-corrected chi connectivity index (χ3v) is 6.51. The van der Waals surface area contributed by atoms with Gasteiger partial charge in [0.1, 0.15) is 12.3 Å². The minimum atomic E-state index is -0.247. The number of ether oxygens (including phenoxy) is 4.